The standard InChI is InChI=1S/C16H13Cl2N3O/c17-11-6-5-10(9-12(11)18)15(22)16(7-8-16)21-19-13-3-1-2-4-14(13)20-21/h1-6,9,15,22H,7-8H2. The topological polar surface area (TPSA) is 50.9 Å². The highest BCUT2D eigenvalue weighted by Crippen LogP contribution is 2.52. The number of nitrogens with zero attached hydrogens (tertiary/aromatic N) is 3. The Kier molecular flexibility index (Phi) is 3.15. The normalized spacial score (nSPS) is 17.6. The van der Waals surface area contributed by atoms with Gasteiger partial charge in [-0.05, 0) is 42.7 Å². The van der Waals surface area contributed by atoms with Crippen molar-refractivity contribution in [3.8, 4) is 0 Å². The fraction of sp³-hybridized carbons (Fsp3) is 0.250. The minimum absolute atomic E-state index is 0.438. The van der Waals surface area contributed by atoms with E-state index in [-0.39, 0.29) is 0 Å². The molecule has 1 atom stereocenters. The molecule has 1 saturated carbocycles. The van der Waals surface area contributed by atoms with Gasteiger partial charge in [0.05, 0.1) is 10.0 Å². The van der Waals surface area contributed by atoms with Crippen LogP contribution in [0, 0.1) is 0 Å². The van der Waals surface area contributed by atoms with Crippen LogP contribution in [0.5, 0.6) is 0 Å². The Labute approximate surface area is 137 Å². The summed E-state index contributed by atoms with van der Waals surface area (Å²) >= 11 is 12.0. The molecule has 2 aromatic carbocycles. The minimum Gasteiger partial charge on any atom is -0.386 e. The highest BCUT2D eigenvalue weighted by atomic mass is 35.5. The first kappa shape index (κ1) is 14.0. The van der Waals surface area contributed by atoms with Crippen LogP contribution in [0.1, 0.15) is 24.5 Å². The molecule has 0 amide bonds. The first-order chi connectivity index (χ1) is 10.6. The molecule has 1 unspecified atom stereocenters. The van der Waals surface area contributed by atoms with E-state index in [9.17, 15) is 5.11 Å². The first-order valence-corrected chi connectivity index (χ1v) is 7.81. The molecule has 0 bridgehead atoms. The third kappa shape index (κ3) is 2.10. The summed E-state index contributed by atoms with van der Waals surface area (Å²) in [7, 11) is 0. The average Bonchev–Trinajstić information content (AvgIpc) is 3.22. The summed E-state index contributed by atoms with van der Waals surface area (Å²) < 4.78 is 0. The number of fused-ring (bicyclic) bond motifs is 1. The second-order valence-electron chi connectivity index (χ2n) is 5.66. The van der Waals surface area contributed by atoms with Gasteiger partial charge in [-0.1, -0.05) is 41.4 Å². The van der Waals surface area contributed by atoms with Gasteiger partial charge in [0.2, 0.25) is 0 Å². The van der Waals surface area contributed by atoms with Crippen molar-refractivity contribution in [2.45, 2.75) is 24.5 Å². The Morgan fingerprint density at radius 2 is 1.64 bits per heavy atom. The fourth-order valence-corrected chi connectivity index (χ4v) is 3.07. The quantitative estimate of drug-likeness (QED) is 0.789. The van der Waals surface area contributed by atoms with Crippen LogP contribution in [0.15, 0.2) is 42.5 Å². The molecule has 6 heteroatoms. The molecule has 0 saturated heterocycles. The number of aliphatic hydroxyl groups excluding tert-OH is 1. The lowest BCUT2D eigenvalue weighted by Gasteiger charge is -2.22. The van der Waals surface area contributed by atoms with E-state index < -0.39 is 11.6 Å². The second kappa shape index (κ2) is 4.95. The van der Waals surface area contributed by atoms with E-state index in [4.69, 9.17) is 23.2 Å². The summed E-state index contributed by atoms with van der Waals surface area (Å²) in [5, 5.41) is 20.8. The number of aliphatic hydroxyl groups is 1. The Morgan fingerprint density at radius 1 is 1.00 bits per heavy atom. The summed E-state index contributed by atoms with van der Waals surface area (Å²) in [5.41, 5.74) is 1.90. The van der Waals surface area contributed by atoms with Crippen molar-refractivity contribution in [1.82, 2.24) is 15.0 Å². The van der Waals surface area contributed by atoms with Crippen LogP contribution < -0.4 is 0 Å². The molecule has 1 N–H and O–H groups in total. The molecule has 0 radical (unpaired) electrons. The molecule has 1 aliphatic rings. The van der Waals surface area contributed by atoms with E-state index in [1.807, 2.05) is 24.3 Å². The van der Waals surface area contributed by atoms with Crippen molar-refractivity contribution in [2.24, 2.45) is 0 Å². The number of halogens is 2. The highest BCUT2D eigenvalue weighted by molar-refractivity contribution is 6.42. The molecule has 1 aromatic heterocycles. The van der Waals surface area contributed by atoms with E-state index in [2.05, 4.69) is 10.2 Å². The van der Waals surface area contributed by atoms with Gasteiger partial charge < -0.3 is 5.11 Å². The third-order valence-corrected chi connectivity index (χ3v) is 4.95. The maximum atomic E-state index is 10.8. The van der Waals surface area contributed by atoms with Gasteiger partial charge in [0.1, 0.15) is 22.7 Å². The van der Waals surface area contributed by atoms with Crippen molar-refractivity contribution in [2.75, 3.05) is 0 Å². The second-order valence-corrected chi connectivity index (χ2v) is 6.47. The minimum atomic E-state index is -0.718. The highest BCUT2D eigenvalue weighted by Gasteiger charge is 2.53. The van der Waals surface area contributed by atoms with Crippen LogP contribution >= 0.6 is 23.2 Å². The predicted molar refractivity (Wildman–Crippen MR) is 86.2 cm³/mol. The van der Waals surface area contributed by atoms with E-state index in [1.165, 1.54) is 0 Å². The van der Waals surface area contributed by atoms with Crippen LogP contribution in [0.3, 0.4) is 0 Å². The molecular weight excluding hydrogens is 321 g/mol. The molecule has 3 aromatic rings. The van der Waals surface area contributed by atoms with Crippen LogP contribution in [-0.2, 0) is 5.54 Å². The van der Waals surface area contributed by atoms with Crippen molar-refractivity contribution < 1.29 is 5.11 Å². The van der Waals surface area contributed by atoms with Gasteiger partial charge in [-0.15, -0.1) is 0 Å². The van der Waals surface area contributed by atoms with Gasteiger partial charge in [-0.2, -0.15) is 15.0 Å². The van der Waals surface area contributed by atoms with E-state index in [0.29, 0.717) is 10.0 Å². The number of hydrogen-bond donors (Lipinski definition) is 1. The molecule has 0 spiro atoms. The SMILES string of the molecule is OC(c1ccc(Cl)c(Cl)c1)C1(n2nc3ccccc3n2)CC1. The van der Waals surface area contributed by atoms with Gasteiger partial charge in [0.25, 0.3) is 0 Å². The van der Waals surface area contributed by atoms with Gasteiger partial charge in [0.15, 0.2) is 0 Å². The number of benzene rings is 2. The Hall–Kier alpha value is -1.62. The van der Waals surface area contributed by atoms with Crippen LogP contribution in [0.25, 0.3) is 11.0 Å². The molecule has 1 heterocycles. The van der Waals surface area contributed by atoms with E-state index in [0.717, 1.165) is 29.4 Å². The number of aromatic nitrogens is 3. The zero-order valence-electron chi connectivity index (χ0n) is 11.6. The van der Waals surface area contributed by atoms with Crippen molar-refractivity contribution >= 4 is 34.2 Å². The molecule has 4 nitrogen and oxygen atoms in total. The first-order valence-electron chi connectivity index (χ1n) is 7.06. The number of rotatable bonds is 3. The van der Waals surface area contributed by atoms with Gasteiger partial charge >= 0.3 is 0 Å². The molecule has 1 fully saturated rings. The molecule has 112 valence electrons. The molecular formula is C16H13Cl2N3O. The number of hydrogen-bond acceptors (Lipinski definition) is 3. The smallest absolute Gasteiger partial charge is 0.113 e. The van der Waals surface area contributed by atoms with Gasteiger partial charge in [-0.25, -0.2) is 0 Å². The molecule has 1 aliphatic carbocycles. The Bertz CT molecular complexity index is 824. The summed E-state index contributed by atoms with van der Waals surface area (Å²) in [6.45, 7) is 0. The molecule has 0 aliphatic heterocycles. The van der Waals surface area contributed by atoms with E-state index >= 15 is 0 Å². The predicted octanol–water partition coefficient (Wildman–Crippen LogP) is 3.96. The lowest BCUT2D eigenvalue weighted by Crippen LogP contribution is -2.28. The van der Waals surface area contributed by atoms with Gasteiger partial charge in [0, 0.05) is 0 Å². The maximum Gasteiger partial charge on any atom is 0.113 e. The summed E-state index contributed by atoms with van der Waals surface area (Å²) in [5.74, 6) is 0. The third-order valence-electron chi connectivity index (χ3n) is 4.22. The monoisotopic (exact) mass is 333 g/mol. The van der Waals surface area contributed by atoms with Crippen LogP contribution in [0.2, 0.25) is 10.0 Å². The summed E-state index contributed by atoms with van der Waals surface area (Å²) in [4.78, 5) is 1.66. The lowest BCUT2D eigenvalue weighted by molar-refractivity contribution is 0.0821. The molecule has 22 heavy (non-hydrogen) atoms. The zero-order valence-corrected chi connectivity index (χ0v) is 13.1. The lowest BCUT2D eigenvalue weighted by atomic mass is 10.0. The average molecular weight is 334 g/mol. The van der Waals surface area contributed by atoms with Crippen LogP contribution in [-0.4, -0.2) is 20.1 Å². The van der Waals surface area contributed by atoms with E-state index in [1.54, 1.807) is 23.0 Å². The van der Waals surface area contributed by atoms with Gasteiger partial charge in [-0.3, -0.25) is 0 Å². The molecule has 4 rings (SSSR count). The van der Waals surface area contributed by atoms with Crippen LogP contribution in [0.4, 0.5) is 0 Å². The Morgan fingerprint density at radius 3 is 2.18 bits per heavy atom. The Balaban J connectivity index is 1.75. The maximum absolute atomic E-state index is 10.8. The van der Waals surface area contributed by atoms with Crippen molar-refractivity contribution in [3.63, 3.8) is 0 Å². The van der Waals surface area contributed by atoms with Crippen molar-refractivity contribution in [3.05, 3.63) is 58.1 Å². The summed E-state index contributed by atoms with van der Waals surface area (Å²) in [6.07, 6.45) is 0.939. The summed E-state index contributed by atoms with van der Waals surface area (Å²) in [6, 6.07) is 12.9. The largest absolute Gasteiger partial charge is 0.386 e. The zero-order chi connectivity index (χ0) is 15.3. The van der Waals surface area contributed by atoms with Crippen molar-refractivity contribution in [1.29, 1.82) is 0 Å². The fourth-order valence-electron chi connectivity index (χ4n) is 2.76.